The Kier molecular flexibility index (Phi) is 17.0. The van der Waals surface area contributed by atoms with Gasteiger partial charge in [0.1, 0.15) is 0 Å². The monoisotopic (exact) mass is 1010 g/mol. The molecule has 0 radical (unpaired) electrons. The van der Waals surface area contributed by atoms with E-state index in [-0.39, 0.29) is 48.2 Å². The lowest BCUT2D eigenvalue weighted by molar-refractivity contribution is -0.140. The largest absolute Gasteiger partial charge is 0.463 e. The maximum absolute atomic E-state index is 14.9. The summed E-state index contributed by atoms with van der Waals surface area (Å²) in [5.74, 6) is -1.24. The van der Waals surface area contributed by atoms with Crippen LogP contribution in [-0.2, 0) is 30.7 Å². The number of nitrogens with zero attached hydrogens (tertiary/aromatic N) is 8. The number of esters is 2. The van der Waals surface area contributed by atoms with Crippen molar-refractivity contribution < 1.29 is 41.8 Å². The Bertz CT molecular complexity index is 2680. The number of amides is 4. The smallest absolute Gasteiger partial charge is 0.416 e. The average molecular weight is 1010 g/mol. The Morgan fingerprint density at radius 1 is 0.595 bits per heavy atom. The van der Waals surface area contributed by atoms with Crippen LogP contribution in [0.4, 0.5) is 34.1 Å². The van der Waals surface area contributed by atoms with Crippen LogP contribution in [0.3, 0.4) is 0 Å². The molecule has 3 aliphatic heterocycles. The molecular formula is C57H63F3N8O6. The van der Waals surface area contributed by atoms with Crippen molar-refractivity contribution in [2.75, 3.05) is 75.4 Å². The molecular weight excluding hydrogens is 950 g/mol. The van der Waals surface area contributed by atoms with Crippen molar-refractivity contribution in [3.63, 3.8) is 0 Å². The zero-order valence-electron chi connectivity index (χ0n) is 43.0. The second-order valence-corrected chi connectivity index (χ2v) is 19.6. The van der Waals surface area contributed by atoms with E-state index in [2.05, 4.69) is 42.7 Å². The Morgan fingerprint density at radius 3 is 1.32 bits per heavy atom. The third-order valence-corrected chi connectivity index (χ3v) is 13.8. The Labute approximate surface area is 431 Å². The Morgan fingerprint density at radius 2 is 0.973 bits per heavy atom. The van der Waals surface area contributed by atoms with E-state index in [0.29, 0.717) is 97.9 Å². The quantitative estimate of drug-likeness (QED) is 0.0991. The van der Waals surface area contributed by atoms with Gasteiger partial charge < -0.3 is 29.1 Å². The van der Waals surface area contributed by atoms with Gasteiger partial charge in [0.25, 0.3) is 0 Å². The third kappa shape index (κ3) is 11.8. The van der Waals surface area contributed by atoms with Gasteiger partial charge in [-0.3, -0.25) is 9.80 Å². The summed E-state index contributed by atoms with van der Waals surface area (Å²) in [5.41, 5.74) is 3.54. The molecule has 0 bridgehead atoms. The minimum Gasteiger partial charge on any atom is -0.463 e. The number of piperazine rings is 1. The van der Waals surface area contributed by atoms with E-state index < -0.39 is 41.8 Å². The van der Waals surface area contributed by atoms with Crippen molar-refractivity contribution in [1.29, 1.82) is 10.5 Å². The average Bonchev–Trinajstić information content (AvgIpc) is 3.37. The van der Waals surface area contributed by atoms with Crippen molar-refractivity contribution in [2.45, 2.75) is 85.0 Å². The third-order valence-electron chi connectivity index (χ3n) is 13.8. The minimum absolute atomic E-state index is 0.0214. The summed E-state index contributed by atoms with van der Waals surface area (Å²) >= 11 is 0. The van der Waals surface area contributed by atoms with Gasteiger partial charge in [-0.15, -0.1) is 0 Å². The molecule has 2 unspecified atom stereocenters. The first-order valence-corrected chi connectivity index (χ1v) is 25.0. The summed E-state index contributed by atoms with van der Waals surface area (Å²) in [4.78, 5) is 68.1. The van der Waals surface area contributed by atoms with E-state index in [1.807, 2.05) is 24.3 Å². The lowest BCUT2D eigenvalue weighted by Gasteiger charge is -2.43. The van der Waals surface area contributed by atoms with Crippen LogP contribution in [0, 0.1) is 22.7 Å². The zero-order chi connectivity index (χ0) is 53.5. The molecule has 0 saturated carbocycles. The number of carbonyl (C=O) groups excluding carboxylic acids is 4. The van der Waals surface area contributed by atoms with Gasteiger partial charge >= 0.3 is 30.2 Å². The molecule has 14 nitrogen and oxygen atoms in total. The van der Waals surface area contributed by atoms with Crippen LogP contribution in [0.2, 0.25) is 0 Å². The molecule has 4 aromatic carbocycles. The van der Waals surface area contributed by atoms with Gasteiger partial charge in [0.05, 0.1) is 76.6 Å². The lowest BCUT2D eigenvalue weighted by Crippen LogP contribution is -2.52. The van der Waals surface area contributed by atoms with Crippen LogP contribution < -0.4 is 9.80 Å². The standard InChI is InChI=1S/C57H63F3N8O6/c1-8-73-52(69)48-38(3)67(46-16-10-14-44(34-46)56(5,6)7)54(71)65(50(48)42-22-18-40(36-61)19-23-42)28-12-26-63-30-32-64(33-31-63)27-13-29-66-51(43-24-20-41(37-62)21-25-43)49(53(70)74-9-2)39(4)68(55(66)72)47-17-11-15-45(35-47)57(58,59)60/h10-11,14-25,34-35,50-51H,8-9,12-13,26-33H2,1-7H3. The van der Waals surface area contributed by atoms with Crippen LogP contribution in [0.25, 0.3) is 0 Å². The number of anilines is 2. The van der Waals surface area contributed by atoms with Crippen LogP contribution in [0.5, 0.6) is 0 Å². The molecule has 74 heavy (non-hydrogen) atoms. The maximum atomic E-state index is 14.9. The van der Waals surface area contributed by atoms with E-state index >= 15 is 0 Å². The minimum atomic E-state index is -4.68. The molecule has 0 aliphatic carbocycles. The first-order valence-electron chi connectivity index (χ1n) is 25.0. The van der Waals surface area contributed by atoms with Crippen molar-refractivity contribution >= 4 is 35.4 Å². The van der Waals surface area contributed by atoms with E-state index in [0.717, 1.165) is 22.6 Å². The Hall–Kier alpha value is -7.47. The fourth-order valence-electron chi connectivity index (χ4n) is 9.98. The first kappa shape index (κ1) is 54.3. The highest BCUT2D eigenvalue weighted by Gasteiger charge is 2.45. The topological polar surface area (TPSA) is 154 Å². The number of nitriles is 2. The Balaban J connectivity index is 1.07. The van der Waals surface area contributed by atoms with Gasteiger partial charge in [0, 0.05) is 50.7 Å². The number of hydrogen-bond donors (Lipinski definition) is 0. The molecule has 3 aliphatic rings. The zero-order valence-corrected chi connectivity index (χ0v) is 43.0. The van der Waals surface area contributed by atoms with Gasteiger partial charge in [0.2, 0.25) is 0 Å². The highest BCUT2D eigenvalue weighted by Crippen LogP contribution is 2.43. The molecule has 0 aromatic heterocycles. The van der Waals surface area contributed by atoms with Gasteiger partial charge in [-0.2, -0.15) is 23.7 Å². The van der Waals surface area contributed by atoms with Crippen molar-refractivity contribution in [1.82, 2.24) is 19.6 Å². The molecule has 3 heterocycles. The normalized spacial score (nSPS) is 18.2. The molecule has 1 fully saturated rings. The van der Waals surface area contributed by atoms with Crippen LogP contribution in [0.15, 0.2) is 120 Å². The summed E-state index contributed by atoms with van der Waals surface area (Å²) in [6.45, 7) is 17.6. The molecule has 7 rings (SSSR count). The van der Waals surface area contributed by atoms with Gasteiger partial charge in [-0.1, -0.05) is 63.2 Å². The number of ether oxygens (including phenoxy) is 2. The number of benzene rings is 4. The predicted octanol–water partition coefficient (Wildman–Crippen LogP) is 10.5. The summed E-state index contributed by atoms with van der Waals surface area (Å²) in [6, 6.07) is 27.3. The first-order chi connectivity index (χ1) is 35.3. The van der Waals surface area contributed by atoms with E-state index in [4.69, 9.17) is 9.47 Å². The fourth-order valence-corrected chi connectivity index (χ4v) is 9.98. The molecule has 4 amide bonds. The molecule has 1 saturated heterocycles. The summed E-state index contributed by atoms with van der Waals surface area (Å²) < 4.78 is 53.1. The highest BCUT2D eigenvalue weighted by atomic mass is 19.4. The predicted molar refractivity (Wildman–Crippen MR) is 274 cm³/mol. The number of halogens is 3. The lowest BCUT2D eigenvalue weighted by atomic mass is 9.86. The second kappa shape index (κ2) is 23.2. The number of allylic oxidation sites excluding steroid dienone is 2. The molecule has 4 aromatic rings. The summed E-state index contributed by atoms with van der Waals surface area (Å²) in [7, 11) is 0. The van der Waals surface area contributed by atoms with Crippen molar-refractivity contribution in [3.05, 3.63) is 153 Å². The number of rotatable bonds is 16. The van der Waals surface area contributed by atoms with Gasteiger partial charge in [-0.05, 0) is 130 Å². The van der Waals surface area contributed by atoms with Crippen molar-refractivity contribution in [2.24, 2.45) is 0 Å². The van der Waals surface area contributed by atoms with Gasteiger partial charge in [0.15, 0.2) is 0 Å². The maximum Gasteiger partial charge on any atom is 0.416 e. The van der Waals surface area contributed by atoms with Crippen molar-refractivity contribution in [3.8, 4) is 12.1 Å². The summed E-state index contributed by atoms with van der Waals surface area (Å²) in [6.07, 6.45) is -3.64. The van der Waals surface area contributed by atoms with Gasteiger partial charge in [-0.25, -0.2) is 19.2 Å². The van der Waals surface area contributed by atoms with E-state index in [9.17, 15) is 42.9 Å². The molecule has 0 spiro atoms. The van der Waals surface area contributed by atoms with Crippen LogP contribution in [0.1, 0.15) is 107 Å². The number of carbonyl (C=O) groups is 4. The van der Waals surface area contributed by atoms with E-state index in [1.54, 1.807) is 79.1 Å². The second-order valence-electron chi connectivity index (χ2n) is 19.6. The SMILES string of the molecule is CCOC(=O)C1=C(C)N(c2cccc(C(C)(C)C)c2)C(=O)N(CCCN2CCN(CCCN3C(=O)N(c4cccc(C(F)(F)F)c4)C(C)=C(C(=O)OCC)C3c3ccc(C#N)cc3)CC2)C1c1ccc(C#N)cc1. The van der Waals surface area contributed by atoms with Crippen LogP contribution in [-0.4, -0.2) is 109 Å². The number of alkyl halides is 3. The van der Waals surface area contributed by atoms with E-state index in [1.165, 1.54) is 24.0 Å². The molecule has 388 valence electrons. The van der Waals surface area contributed by atoms with Crippen LogP contribution >= 0.6 is 0 Å². The molecule has 0 N–H and O–H groups in total. The number of hydrogen-bond acceptors (Lipinski definition) is 10. The fraction of sp³-hybridized carbons (Fsp3) is 0.404. The summed E-state index contributed by atoms with van der Waals surface area (Å²) in [5, 5.41) is 19.1. The number of urea groups is 2. The highest BCUT2D eigenvalue weighted by molar-refractivity contribution is 6.04. The molecule has 2 atom stereocenters. The molecule has 17 heteroatoms.